The highest BCUT2D eigenvalue weighted by molar-refractivity contribution is 5.60. The van der Waals surface area contributed by atoms with Crippen molar-refractivity contribution in [1.82, 2.24) is 14.6 Å². The molecular weight excluding hydrogens is 217 g/mol. The molecule has 0 radical (unpaired) electrons. The first-order valence-electron chi connectivity index (χ1n) is 4.51. The van der Waals surface area contributed by atoms with E-state index in [9.17, 15) is 14.5 Å². The quantitative estimate of drug-likeness (QED) is 0.620. The third-order valence-corrected chi connectivity index (χ3v) is 1.95. The number of anilines is 1. The molecule has 8 heteroatoms. The summed E-state index contributed by atoms with van der Waals surface area (Å²) in [7, 11) is 0. The lowest BCUT2D eigenvalue weighted by molar-refractivity contribution is -0.383. The molecule has 0 amide bonds. The Balaban J connectivity index is 2.42. The van der Waals surface area contributed by atoms with Crippen LogP contribution in [-0.4, -0.2) is 32.7 Å². The first-order chi connectivity index (χ1) is 7.72. The van der Waals surface area contributed by atoms with E-state index < -0.39 is 11.6 Å². The van der Waals surface area contributed by atoms with Crippen LogP contribution < -0.4 is 5.32 Å². The van der Waals surface area contributed by atoms with Gasteiger partial charge in [0, 0.05) is 12.7 Å². The van der Waals surface area contributed by atoms with Crippen LogP contribution >= 0.6 is 0 Å². The molecule has 2 aromatic rings. The minimum Gasteiger partial charge on any atom is -0.367 e. The first kappa shape index (κ1) is 10.3. The van der Waals surface area contributed by atoms with Crippen molar-refractivity contribution < 1.29 is 9.31 Å². The lowest BCUT2D eigenvalue weighted by atomic mass is 10.5. The third kappa shape index (κ3) is 1.76. The summed E-state index contributed by atoms with van der Waals surface area (Å²) in [4.78, 5) is 14.0. The second-order valence-electron chi connectivity index (χ2n) is 2.98. The largest absolute Gasteiger partial charge is 0.367 e. The molecule has 84 valence electrons. The van der Waals surface area contributed by atoms with Crippen LogP contribution in [0.3, 0.4) is 0 Å². The van der Waals surface area contributed by atoms with Crippen LogP contribution in [0, 0.1) is 10.1 Å². The summed E-state index contributed by atoms with van der Waals surface area (Å²) in [6.07, 6.45) is 2.65. The number of fused-ring (bicyclic) bond motifs is 1. The first-order valence-corrected chi connectivity index (χ1v) is 4.51. The maximum atomic E-state index is 11.9. The summed E-state index contributed by atoms with van der Waals surface area (Å²) in [5, 5.41) is 17.1. The number of nitrogens with zero attached hydrogens (tertiary/aromatic N) is 4. The Morgan fingerprint density at radius 3 is 3.12 bits per heavy atom. The molecular formula is C8H8FN5O2. The van der Waals surface area contributed by atoms with Crippen molar-refractivity contribution in [1.29, 1.82) is 0 Å². The van der Waals surface area contributed by atoms with Crippen molar-refractivity contribution in [2.24, 2.45) is 0 Å². The van der Waals surface area contributed by atoms with E-state index in [1.807, 2.05) is 0 Å². The highest BCUT2D eigenvalue weighted by Gasteiger charge is 2.16. The highest BCUT2D eigenvalue weighted by Crippen LogP contribution is 2.18. The Morgan fingerprint density at radius 2 is 2.44 bits per heavy atom. The van der Waals surface area contributed by atoms with Crippen molar-refractivity contribution in [3.05, 3.63) is 28.6 Å². The molecule has 0 bridgehead atoms. The number of nitro groups is 1. The van der Waals surface area contributed by atoms with Crippen molar-refractivity contribution in [3.8, 4) is 0 Å². The Hall–Kier alpha value is -2.25. The zero-order valence-electron chi connectivity index (χ0n) is 8.13. The van der Waals surface area contributed by atoms with E-state index >= 15 is 0 Å². The molecule has 0 saturated heterocycles. The molecule has 0 saturated carbocycles. The molecule has 0 unspecified atom stereocenters. The maximum Gasteiger partial charge on any atom is 0.333 e. The Morgan fingerprint density at radius 1 is 1.62 bits per heavy atom. The standard InChI is InChI=1S/C8H8FN5O2/c9-2-3-10-7-1-4-13-8(12-7)6(5-11-13)14(15)16/h1,4-5H,2-3H2,(H,10,12). The predicted molar refractivity (Wildman–Crippen MR) is 54.1 cm³/mol. The number of hydrogen-bond donors (Lipinski definition) is 1. The fourth-order valence-corrected chi connectivity index (χ4v) is 1.26. The van der Waals surface area contributed by atoms with Gasteiger partial charge in [-0.25, -0.2) is 13.9 Å². The molecule has 2 aromatic heterocycles. The van der Waals surface area contributed by atoms with Gasteiger partial charge in [-0.3, -0.25) is 10.1 Å². The van der Waals surface area contributed by atoms with E-state index in [-0.39, 0.29) is 17.9 Å². The monoisotopic (exact) mass is 225 g/mol. The van der Waals surface area contributed by atoms with Gasteiger partial charge < -0.3 is 5.32 Å². The molecule has 1 N–H and O–H groups in total. The molecule has 0 atom stereocenters. The number of nitrogens with one attached hydrogen (secondary N) is 1. The van der Waals surface area contributed by atoms with Gasteiger partial charge in [-0.2, -0.15) is 5.10 Å². The highest BCUT2D eigenvalue weighted by atomic mass is 19.1. The Kier molecular flexibility index (Phi) is 2.63. The van der Waals surface area contributed by atoms with Crippen LogP contribution in [0.4, 0.5) is 15.9 Å². The van der Waals surface area contributed by atoms with Gasteiger partial charge in [0.15, 0.2) is 0 Å². The smallest absolute Gasteiger partial charge is 0.333 e. The topological polar surface area (TPSA) is 85.4 Å². The molecule has 16 heavy (non-hydrogen) atoms. The van der Waals surface area contributed by atoms with Gasteiger partial charge in [-0.1, -0.05) is 0 Å². The van der Waals surface area contributed by atoms with E-state index in [2.05, 4.69) is 15.4 Å². The fraction of sp³-hybridized carbons (Fsp3) is 0.250. The van der Waals surface area contributed by atoms with Gasteiger partial charge in [-0.05, 0) is 6.07 Å². The summed E-state index contributed by atoms with van der Waals surface area (Å²) in [6.45, 7) is -0.417. The van der Waals surface area contributed by atoms with Crippen LogP contribution in [-0.2, 0) is 0 Å². The van der Waals surface area contributed by atoms with Crippen molar-refractivity contribution >= 4 is 17.2 Å². The van der Waals surface area contributed by atoms with Gasteiger partial charge in [-0.15, -0.1) is 0 Å². The predicted octanol–water partition coefficient (Wildman–Crippen LogP) is 1.02. The number of rotatable bonds is 4. The van der Waals surface area contributed by atoms with Gasteiger partial charge in [0.05, 0.1) is 4.92 Å². The third-order valence-electron chi connectivity index (χ3n) is 1.95. The van der Waals surface area contributed by atoms with Gasteiger partial charge >= 0.3 is 5.69 Å². The lowest BCUT2D eigenvalue weighted by Crippen LogP contribution is -2.05. The van der Waals surface area contributed by atoms with Gasteiger partial charge in [0.25, 0.3) is 0 Å². The fourth-order valence-electron chi connectivity index (χ4n) is 1.26. The molecule has 0 aliphatic carbocycles. The van der Waals surface area contributed by atoms with Crippen LogP contribution in [0.1, 0.15) is 0 Å². The van der Waals surface area contributed by atoms with Gasteiger partial charge in [0.1, 0.15) is 18.7 Å². The summed E-state index contributed by atoms with van der Waals surface area (Å²) < 4.78 is 13.2. The summed E-state index contributed by atoms with van der Waals surface area (Å²) in [5.74, 6) is 0.383. The maximum absolute atomic E-state index is 11.9. The Labute approximate surface area is 89.1 Å². The molecule has 0 aromatic carbocycles. The lowest BCUT2D eigenvalue weighted by Gasteiger charge is -2.01. The molecule has 0 spiro atoms. The molecule has 7 nitrogen and oxygen atoms in total. The van der Waals surface area contributed by atoms with Gasteiger partial charge in [0.2, 0.25) is 5.65 Å². The SMILES string of the molecule is O=[N+]([O-])c1cnn2ccc(NCCF)nc12. The number of aromatic nitrogens is 3. The van der Waals surface area contributed by atoms with Crippen LogP contribution in [0.5, 0.6) is 0 Å². The van der Waals surface area contributed by atoms with E-state index in [1.54, 1.807) is 6.07 Å². The average molecular weight is 225 g/mol. The van der Waals surface area contributed by atoms with Crippen molar-refractivity contribution in [3.63, 3.8) is 0 Å². The number of alkyl halides is 1. The zero-order valence-corrected chi connectivity index (χ0v) is 8.13. The summed E-state index contributed by atoms with van der Waals surface area (Å²) in [5.41, 5.74) is -0.0437. The Bertz CT molecular complexity index is 526. The molecule has 0 fully saturated rings. The van der Waals surface area contributed by atoms with E-state index in [0.717, 1.165) is 6.20 Å². The number of hydrogen-bond acceptors (Lipinski definition) is 5. The summed E-state index contributed by atoms with van der Waals surface area (Å²) >= 11 is 0. The minimum absolute atomic E-state index is 0.116. The average Bonchev–Trinajstić information content (AvgIpc) is 2.69. The molecule has 0 aliphatic rings. The second kappa shape index (κ2) is 4.09. The molecule has 0 aliphatic heterocycles. The summed E-state index contributed by atoms with van der Waals surface area (Å²) in [6, 6.07) is 1.57. The molecule has 2 heterocycles. The molecule has 2 rings (SSSR count). The van der Waals surface area contributed by atoms with E-state index in [1.165, 1.54) is 10.7 Å². The number of halogens is 1. The van der Waals surface area contributed by atoms with Crippen LogP contribution in [0.15, 0.2) is 18.5 Å². The van der Waals surface area contributed by atoms with Crippen LogP contribution in [0.2, 0.25) is 0 Å². The van der Waals surface area contributed by atoms with Crippen molar-refractivity contribution in [2.45, 2.75) is 0 Å². The van der Waals surface area contributed by atoms with Crippen molar-refractivity contribution in [2.75, 3.05) is 18.5 Å². The van der Waals surface area contributed by atoms with E-state index in [4.69, 9.17) is 0 Å². The second-order valence-corrected chi connectivity index (χ2v) is 2.98. The zero-order chi connectivity index (χ0) is 11.5. The van der Waals surface area contributed by atoms with Crippen LogP contribution in [0.25, 0.3) is 5.65 Å². The minimum atomic E-state index is -0.561. The van der Waals surface area contributed by atoms with E-state index in [0.29, 0.717) is 5.82 Å². The normalized spacial score (nSPS) is 10.6.